The lowest BCUT2D eigenvalue weighted by Crippen LogP contribution is -2.22. The first kappa shape index (κ1) is 25.1. The molecule has 0 bridgehead atoms. The highest BCUT2D eigenvalue weighted by molar-refractivity contribution is 7.88. The monoisotopic (exact) mass is 508 g/mol. The van der Waals surface area contributed by atoms with Crippen molar-refractivity contribution in [3.05, 3.63) is 59.4 Å². The van der Waals surface area contributed by atoms with Gasteiger partial charge < -0.3 is 20.1 Å². The molecule has 3 aromatic rings. The lowest BCUT2D eigenvalue weighted by Gasteiger charge is -2.14. The molecule has 3 N–H and O–H groups in total. The third-order valence-electron chi connectivity index (χ3n) is 4.14. The summed E-state index contributed by atoms with van der Waals surface area (Å²) in [7, 11) is -1.92. The fourth-order valence-corrected chi connectivity index (χ4v) is 3.80. The molecule has 13 heteroatoms. The summed E-state index contributed by atoms with van der Waals surface area (Å²) >= 11 is 1.09. The second kappa shape index (κ2) is 11.0. The maximum atomic E-state index is 13.8. The first-order valence-electron chi connectivity index (χ1n) is 9.72. The molecule has 1 aromatic heterocycles. The van der Waals surface area contributed by atoms with Gasteiger partial charge in [0.1, 0.15) is 12.2 Å². The van der Waals surface area contributed by atoms with E-state index in [4.69, 9.17) is 9.47 Å². The van der Waals surface area contributed by atoms with Crippen LogP contribution in [0.25, 0.3) is 0 Å². The van der Waals surface area contributed by atoms with Gasteiger partial charge in [-0.3, -0.25) is 9.59 Å². The molecular weight excluding hydrogens is 487 g/mol. The van der Waals surface area contributed by atoms with E-state index >= 15 is 0 Å². The number of halogens is 1. The van der Waals surface area contributed by atoms with Crippen LogP contribution in [0.5, 0.6) is 17.2 Å². The Morgan fingerprint density at radius 2 is 1.76 bits per heavy atom. The van der Waals surface area contributed by atoms with E-state index in [2.05, 4.69) is 20.3 Å². The van der Waals surface area contributed by atoms with Crippen molar-refractivity contribution in [3.63, 3.8) is 0 Å². The molecule has 0 radical (unpaired) electrons. The molecule has 0 aliphatic carbocycles. The van der Waals surface area contributed by atoms with Gasteiger partial charge in [0.25, 0.3) is 0 Å². The highest BCUT2D eigenvalue weighted by atomic mass is 32.2. The number of methoxy groups -OCH3 is 1. The smallest absolute Gasteiger partial charge is 0.235 e. The van der Waals surface area contributed by atoms with Gasteiger partial charge in [-0.1, -0.05) is 12.1 Å². The number of amides is 2. The van der Waals surface area contributed by atoms with Crippen LogP contribution in [-0.4, -0.2) is 38.6 Å². The second-order valence-electron chi connectivity index (χ2n) is 6.90. The summed E-state index contributed by atoms with van der Waals surface area (Å²) in [6, 6.07) is 10.3. The molecule has 0 aliphatic heterocycles. The number of carbonyl (C=O) groups excluding carboxylic acids is 2. The Morgan fingerprint density at radius 1 is 1.06 bits per heavy atom. The molecule has 0 spiro atoms. The van der Waals surface area contributed by atoms with Gasteiger partial charge in [-0.15, -0.1) is 11.3 Å². The number of nitrogens with one attached hydrogen (secondary N) is 3. The lowest BCUT2D eigenvalue weighted by atomic mass is 10.2. The number of para-hydroxylation sites is 2. The van der Waals surface area contributed by atoms with Gasteiger partial charge in [-0.25, -0.2) is 22.5 Å². The zero-order valence-corrected chi connectivity index (χ0v) is 19.8. The molecular formula is C21H21FN4O6S2. The molecule has 0 atom stereocenters. The van der Waals surface area contributed by atoms with E-state index in [1.54, 1.807) is 29.6 Å². The van der Waals surface area contributed by atoms with Crippen LogP contribution in [-0.2, 0) is 26.2 Å². The Labute approximate surface area is 199 Å². The van der Waals surface area contributed by atoms with Crippen molar-refractivity contribution in [2.45, 2.75) is 13.0 Å². The maximum Gasteiger partial charge on any atom is 0.235 e. The Hall–Kier alpha value is -3.55. The molecule has 180 valence electrons. The molecule has 10 nitrogen and oxygen atoms in total. The van der Waals surface area contributed by atoms with Crippen LogP contribution in [0.3, 0.4) is 0 Å². The van der Waals surface area contributed by atoms with Crippen molar-refractivity contribution >= 4 is 44.0 Å². The Morgan fingerprint density at radius 3 is 2.47 bits per heavy atom. The van der Waals surface area contributed by atoms with E-state index in [1.807, 2.05) is 0 Å². The molecule has 0 fully saturated rings. The molecule has 0 saturated carbocycles. The average Bonchev–Trinajstić information content (AvgIpc) is 3.21. The third kappa shape index (κ3) is 7.50. The number of benzene rings is 2. The maximum absolute atomic E-state index is 13.8. The summed E-state index contributed by atoms with van der Waals surface area (Å²) in [5.74, 6) is -1.12. The summed E-state index contributed by atoms with van der Waals surface area (Å²) in [5.41, 5.74) is 0.577. The average molecular weight is 509 g/mol. The van der Waals surface area contributed by atoms with Crippen LogP contribution < -0.4 is 24.8 Å². The Bertz CT molecular complexity index is 1300. The van der Waals surface area contributed by atoms with E-state index in [1.165, 1.54) is 13.2 Å². The first-order valence-corrected chi connectivity index (χ1v) is 12.5. The van der Waals surface area contributed by atoms with Gasteiger partial charge in [0.15, 0.2) is 22.4 Å². The van der Waals surface area contributed by atoms with Crippen LogP contribution in [0.15, 0.2) is 47.8 Å². The minimum Gasteiger partial charge on any atom is -0.493 e. The minimum atomic E-state index is -3.38. The van der Waals surface area contributed by atoms with Crippen molar-refractivity contribution < 1.29 is 31.9 Å². The number of nitrogens with zero attached hydrogens (tertiary/aromatic N) is 1. The van der Waals surface area contributed by atoms with Crippen LogP contribution in [0.2, 0.25) is 0 Å². The zero-order valence-electron chi connectivity index (χ0n) is 18.1. The predicted octanol–water partition coefficient (Wildman–Crippen LogP) is 3.10. The number of rotatable bonds is 10. The fourth-order valence-electron chi connectivity index (χ4n) is 2.66. The molecule has 1 heterocycles. The number of hydrogen-bond acceptors (Lipinski definition) is 8. The summed E-state index contributed by atoms with van der Waals surface area (Å²) in [6.45, 7) is -0.0226. The van der Waals surface area contributed by atoms with Gasteiger partial charge >= 0.3 is 0 Å². The van der Waals surface area contributed by atoms with Crippen molar-refractivity contribution in [2.75, 3.05) is 24.0 Å². The van der Waals surface area contributed by atoms with Crippen LogP contribution in [0.1, 0.15) is 12.1 Å². The van der Waals surface area contributed by atoms with Crippen LogP contribution in [0, 0.1) is 5.82 Å². The molecule has 0 unspecified atom stereocenters. The van der Waals surface area contributed by atoms with E-state index in [9.17, 15) is 22.4 Å². The quantitative estimate of drug-likeness (QED) is 0.358. The standard InChI is InChI=1S/C21H21FN4O6S2/c1-31-16-5-3-4-6-17(16)32-18-9-13(22)7-8-15(18)25-19(27)10-20(28)26-21-24-14(12-33-21)11-23-34(2,29)30/h3-9,12,23H,10-11H2,1-2H3,(H,25,27)(H,24,26,28). The van der Waals surface area contributed by atoms with Gasteiger partial charge in [-0.05, 0) is 24.3 Å². The third-order valence-corrected chi connectivity index (χ3v) is 5.62. The number of sulfonamides is 1. The Kier molecular flexibility index (Phi) is 8.15. The van der Waals surface area contributed by atoms with Crippen molar-refractivity contribution in [1.82, 2.24) is 9.71 Å². The zero-order chi connectivity index (χ0) is 24.7. The van der Waals surface area contributed by atoms with Crippen molar-refractivity contribution in [3.8, 4) is 17.2 Å². The SMILES string of the molecule is COc1ccccc1Oc1cc(F)ccc1NC(=O)CC(=O)Nc1nc(CNS(C)(=O)=O)cs1. The number of carbonyl (C=O) groups is 2. The van der Waals surface area contributed by atoms with E-state index in [0.29, 0.717) is 17.2 Å². The number of aromatic nitrogens is 1. The van der Waals surface area contributed by atoms with E-state index in [-0.39, 0.29) is 23.1 Å². The molecule has 34 heavy (non-hydrogen) atoms. The van der Waals surface area contributed by atoms with E-state index in [0.717, 1.165) is 29.7 Å². The normalized spacial score (nSPS) is 11.0. The highest BCUT2D eigenvalue weighted by Crippen LogP contribution is 2.35. The number of anilines is 2. The first-order chi connectivity index (χ1) is 16.1. The predicted molar refractivity (Wildman–Crippen MR) is 125 cm³/mol. The number of thiazole rings is 1. The summed E-state index contributed by atoms with van der Waals surface area (Å²) in [6.07, 6.45) is 0.483. The Balaban J connectivity index is 1.61. The van der Waals surface area contributed by atoms with Gasteiger partial charge in [0.05, 0.1) is 31.3 Å². The summed E-state index contributed by atoms with van der Waals surface area (Å²) < 4.78 is 49.3. The lowest BCUT2D eigenvalue weighted by molar-refractivity contribution is -0.123. The molecule has 0 aliphatic rings. The van der Waals surface area contributed by atoms with Gasteiger partial charge in [0, 0.05) is 11.4 Å². The summed E-state index contributed by atoms with van der Waals surface area (Å²) in [5, 5.41) is 6.80. The van der Waals surface area contributed by atoms with Crippen molar-refractivity contribution in [2.24, 2.45) is 0 Å². The molecule has 2 amide bonds. The number of ether oxygens (including phenoxy) is 2. The highest BCUT2D eigenvalue weighted by Gasteiger charge is 2.16. The summed E-state index contributed by atoms with van der Waals surface area (Å²) in [4.78, 5) is 28.7. The second-order valence-corrected chi connectivity index (χ2v) is 9.59. The topological polar surface area (TPSA) is 136 Å². The fraction of sp³-hybridized carbons (Fsp3) is 0.190. The molecule has 0 saturated heterocycles. The van der Waals surface area contributed by atoms with Crippen LogP contribution >= 0.6 is 11.3 Å². The van der Waals surface area contributed by atoms with E-state index < -0.39 is 34.1 Å². The molecule has 2 aromatic carbocycles. The number of hydrogen-bond donors (Lipinski definition) is 3. The minimum absolute atomic E-state index is 0.0226. The molecule has 3 rings (SSSR count). The van der Waals surface area contributed by atoms with Gasteiger partial charge in [0.2, 0.25) is 21.8 Å². The largest absolute Gasteiger partial charge is 0.493 e. The van der Waals surface area contributed by atoms with Crippen molar-refractivity contribution in [1.29, 1.82) is 0 Å². The van der Waals surface area contributed by atoms with Gasteiger partial charge in [-0.2, -0.15) is 0 Å². The van der Waals surface area contributed by atoms with Crippen LogP contribution in [0.4, 0.5) is 15.2 Å².